The van der Waals surface area contributed by atoms with E-state index in [0.29, 0.717) is 0 Å². The van der Waals surface area contributed by atoms with Crippen LogP contribution in [0.3, 0.4) is 0 Å². The molecule has 19 heavy (non-hydrogen) atoms. The van der Waals surface area contributed by atoms with Gasteiger partial charge in [-0.25, -0.2) is 0 Å². The summed E-state index contributed by atoms with van der Waals surface area (Å²) >= 11 is 3.48. The molecule has 0 saturated heterocycles. The third kappa shape index (κ3) is 2.71. The van der Waals surface area contributed by atoms with Crippen LogP contribution in [-0.2, 0) is 0 Å². The Labute approximate surface area is 120 Å². The molecular formula is C16H13BrN2. The molecule has 3 aromatic rings. The minimum Gasteiger partial charge on any atom is -0.399 e. The maximum Gasteiger partial charge on any atom is 0.0390 e. The Balaban J connectivity index is 1.93. The topological polar surface area (TPSA) is 38.0 Å². The molecule has 0 atom stereocenters. The lowest BCUT2D eigenvalue weighted by Gasteiger charge is -2.08. The lowest BCUT2D eigenvalue weighted by atomic mass is 10.1. The van der Waals surface area contributed by atoms with Gasteiger partial charge in [-0.1, -0.05) is 28.1 Å². The van der Waals surface area contributed by atoms with Crippen molar-refractivity contribution in [2.45, 2.75) is 0 Å². The fourth-order valence-electron chi connectivity index (χ4n) is 2.03. The SMILES string of the molecule is Nc1ccc(Nc2ccc3cc(Br)ccc3c2)cc1. The molecule has 3 aromatic carbocycles. The molecule has 0 unspecified atom stereocenters. The molecule has 94 valence electrons. The van der Waals surface area contributed by atoms with Crippen LogP contribution in [0.15, 0.2) is 65.1 Å². The van der Waals surface area contributed by atoms with Crippen molar-refractivity contribution in [3.8, 4) is 0 Å². The van der Waals surface area contributed by atoms with E-state index in [1.807, 2.05) is 24.3 Å². The standard InChI is InChI=1S/C16H13BrN2/c17-13-3-1-12-10-16(6-2-11(12)9-13)19-15-7-4-14(18)5-8-15/h1-10,19H,18H2. The first kappa shape index (κ1) is 12.1. The Morgan fingerprint density at radius 2 is 1.37 bits per heavy atom. The number of benzene rings is 3. The van der Waals surface area contributed by atoms with Crippen molar-refractivity contribution < 1.29 is 0 Å². The van der Waals surface area contributed by atoms with Gasteiger partial charge in [0, 0.05) is 21.5 Å². The first-order chi connectivity index (χ1) is 9.20. The van der Waals surface area contributed by atoms with Crippen molar-refractivity contribution >= 4 is 43.8 Å². The molecule has 0 aliphatic rings. The number of fused-ring (bicyclic) bond motifs is 1. The van der Waals surface area contributed by atoms with Crippen LogP contribution in [0.2, 0.25) is 0 Å². The van der Waals surface area contributed by atoms with E-state index in [1.165, 1.54) is 10.8 Å². The molecule has 3 rings (SSSR count). The number of rotatable bonds is 2. The van der Waals surface area contributed by atoms with Crippen LogP contribution in [0.4, 0.5) is 17.1 Å². The van der Waals surface area contributed by atoms with E-state index in [-0.39, 0.29) is 0 Å². The molecule has 0 fully saturated rings. The van der Waals surface area contributed by atoms with E-state index in [9.17, 15) is 0 Å². The number of anilines is 3. The second-order valence-corrected chi connectivity index (χ2v) is 5.37. The summed E-state index contributed by atoms with van der Waals surface area (Å²) in [4.78, 5) is 0. The zero-order chi connectivity index (χ0) is 13.2. The molecule has 3 N–H and O–H groups in total. The quantitative estimate of drug-likeness (QED) is 0.658. The summed E-state index contributed by atoms with van der Waals surface area (Å²) in [5, 5.41) is 5.80. The first-order valence-electron chi connectivity index (χ1n) is 6.03. The average Bonchev–Trinajstić information content (AvgIpc) is 2.42. The first-order valence-corrected chi connectivity index (χ1v) is 6.82. The van der Waals surface area contributed by atoms with Crippen LogP contribution in [0.1, 0.15) is 0 Å². The molecule has 0 aliphatic heterocycles. The third-order valence-electron chi connectivity index (χ3n) is 3.00. The molecular weight excluding hydrogens is 300 g/mol. The Kier molecular flexibility index (Phi) is 3.13. The lowest BCUT2D eigenvalue weighted by Crippen LogP contribution is -1.91. The summed E-state index contributed by atoms with van der Waals surface area (Å²) in [6.07, 6.45) is 0. The highest BCUT2D eigenvalue weighted by Crippen LogP contribution is 2.25. The minimum atomic E-state index is 0.772. The minimum absolute atomic E-state index is 0.772. The molecule has 0 radical (unpaired) electrons. The highest BCUT2D eigenvalue weighted by molar-refractivity contribution is 9.10. The van der Waals surface area contributed by atoms with Crippen LogP contribution < -0.4 is 11.1 Å². The van der Waals surface area contributed by atoms with Crippen LogP contribution in [0.25, 0.3) is 10.8 Å². The molecule has 3 heteroatoms. The molecule has 0 heterocycles. The zero-order valence-electron chi connectivity index (χ0n) is 10.2. The van der Waals surface area contributed by atoms with Gasteiger partial charge in [-0.05, 0) is 59.3 Å². The molecule has 0 aromatic heterocycles. The number of hydrogen-bond donors (Lipinski definition) is 2. The van der Waals surface area contributed by atoms with Gasteiger partial charge in [0.15, 0.2) is 0 Å². The third-order valence-corrected chi connectivity index (χ3v) is 3.49. The van der Waals surface area contributed by atoms with Gasteiger partial charge in [-0.3, -0.25) is 0 Å². The molecule has 0 aliphatic carbocycles. The van der Waals surface area contributed by atoms with E-state index in [2.05, 4.69) is 57.6 Å². The van der Waals surface area contributed by atoms with Crippen molar-refractivity contribution in [3.63, 3.8) is 0 Å². The highest BCUT2D eigenvalue weighted by Gasteiger charge is 1.98. The second kappa shape index (κ2) is 4.94. The van der Waals surface area contributed by atoms with E-state index >= 15 is 0 Å². The van der Waals surface area contributed by atoms with Crippen LogP contribution in [0, 0.1) is 0 Å². The van der Waals surface area contributed by atoms with Crippen LogP contribution >= 0.6 is 15.9 Å². The van der Waals surface area contributed by atoms with Gasteiger partial charge >= 0.3 is 0 Å². The predicted octanol–water partition coefficient (Wildman–Crippen LogP) is 4.93. The normalized spacial score (nSPS) is 10.6. The molecule has 0 bridgehead atoms. The largest absolute Gasteiger partial charge is 0.399 e. The highest BCUT2D eigenvalue weighted by atomic mass is 79.9. The van der Waals surface area contributed by atoms with E-state index in [0.717, 1.165) is 21.5 Å². The Hall–Kier alpha value is -2.00. The van der Waals surface area contributed by atoms with E-state index in [4.69, 9.17) is 5.73 Å². The zero-order valence-corrected chi connectivity index (χ0v) is 11.8. The Morgan fingerprint density at radius 3 is 2.16 bits per heavy atom. The average molecular weight is 313 g/mol. The summed E-state index contributed by atoms with van der Waals surface area (Å²) in [6.45, 7) is 0. The summed E-state index contributed by atoms with van der Waals surface area (Å²) in [5.41, 5.74) is 8.55. The van der Waals surface area contributed by atoms with Crippen LogP contribution in [-0.4, -0.2) is 0 Å². The summed E-state index contributed by atoms with van der Waals surface area (Å²) in [5.74, 6) is 0. The smallest absolute Gasteiger partial charge is 0.0390 e. The Bertz CT molecular complexity index is 720. The van der Waals surface area contributed by atoms with E-state index < -0.39 is 0 Å². The molecule has 0 saturated carbocycles. The summed E-state index contributed by atoms with van der Waals surface area (Å²) in [6, 6.07) is 20.3. The molecule has 0 amide bonds. The number of nitrogens with one attached hydrogen (secondary N) is 1. The number of nitrogen functional groups attached to an aromatic ring is 1. The van der Waals surface area contributed by atoms with Gasteiger partial charge in [-0.2, -0.15) is 0 Å². The second-order valence-electron chi connectivity index (χ2n) is 4.45. The van der Waals surface area contributed by atoms with Crippen molar-refractivity contribution in [1.29, 1.82) is 0 Å². The van der Waals surface area contributed by atoms with E-state index in [1.54, 1.807) is 0 Å². The fourth-order valence-corrected chi connectivity index (χ4v) is 2.41. The maximum absolute atomic E-state index is 5.68. The monoisotopic (exact) mass is 312 g/mol. The lowest BCUT2D eigenvalue weighted by molar-refractivity contribution is 1.56. The fraction of sp³-hybridized carbons (Fsp3) is 0. The summed E-state index contributed by atoms with van der Waals surface area (Å²) in [7, 11) is 0. The van der Waals surface area contributed by atoms with Crippen molar-refractivity contribution in [2.24, 2.45) is 0 Å². The van der Waals surface area contributed by atoms with Crippen molar-refractivity contribution in [3.05, 3.63) is 65.1 Å². The van der Waals surface area contributed by atoms with Gasteiger partial charge in [0.25, 0.3) is 0 Å². The maximum atomic E-state index is 5.68. The van der Waals surface area contributed by atoms with Crippen molar-refractivity contribution in [1.82, 2.24) is 0 Å². The van der Waals surface area contributed by atoms with Gasteiger partial charge in [0.2, 0.25) is 0 Å². The van der Waals surface area contributed by atoms with Gasteiger partial charge < -0.3 is 11.1 Å². The molecule has 2 nitrogen and oxygen atoms in total. The van der Waals surface area contributed by atoms with Crippen molar-refractivity contribution in [2.75, 3.05) is 11.1 Å². The van der Waals surface area contributed by atoms with Crippen LogP contribution in [0.5, 0.6) is 0 Å². The Morgan fingerprint density at radius 1 is 0.737 bits per heavy atom. The van der Waals surface area contributed by atoms with Gasteiger partial charge in [-0.15, -0.1) is 0 Å². The van der Waals surface area contributed by atoms with Gasteiger partial charge in [0.05, 0.1) is 0 Å². The molecule has 0 spiro atoms. The number of halogens is 1. The number of nitrogens with two attached hydrogens (primary N) is 1. The predicted molar refractivity (Wildman–Crippen MR) is 85.8 cm³/mol. The van der Waals surface area contributed by atoms with Gasteiger partial charge in [0.1, 0.15) is 0 Å². The summed E-state index contributed by atoms with van der Waals surface area (Å²) < 4.78 is 1.10. The number of hydrogen-bond acceptors (Lipinski definition) is 2.